The largest absolute Gasteiger partial charge is 0.480 e. The third-order valence-electron chi connectivity index (χ3n) is 2.18. The van der Waals surface area contributed by atoms with E-state index < -0.39 is 12.0 Å². The lowest BCUT2D eigenvalue weighted by Crippen LogP contribution is -2.48. The number of hydrogen-bond donors (Lipinski definition) is 2. The van der Waals surface area contributed by atoms with Crippen LogP contribution in [0.4, 0.5) is 4.79 Å². The number of nitrogens with zero attached hydrogens (tertiary/aromatic N) is 2. The summed E-state index contributed by atoms with van der Waals surface area (Å²) < 4.78 is 0. The van der Waals surface area contributed by atoms with Gasteiger partial charge < -0.3 is 20.0 Å². The summed E-state index contributed by atoms with van der Waals surface area (Å²) in [7, 11) is 1.54. The van der Waals surface area contributed by atoms with Crippen LogP contribution in [-0.4, -0.2) is 69.9 Å². The van der Waals surface area contributed by atoms with Crippen molar-refractivity contribution in [3.8, 4) is 0 Å². The average Bonchev–Trinajstić information content (AvgIpc) is 2.65. The Kier molecular flexibility index (Phi) is 4.22. The normalized spacial score (nSPS) is 20.4. The molecule has 1 saturated heterocycles. The second-order valence-corrected chi connectivity index (χ2v) is 4.25. The van der Waals surface area contributed by atoms with Crippen LogP contribution in [0.2, 0.25) is 0 Å². The molecule has 0 saturated carbocycles. The van der Waals surface area contributed by atoms with E-state index in [1.807, 2.05) is 0 Å². The lowest BCUT2D eigenvalue weighted by atomic mass is 10.3. The van der Waals surface area contributed by atoms with Gasteiger partial charge in [-0.1, -0.05) is 0 Å². The Bertz CT molecular complexity index is 261. The number of urea groups is 1. The number of rotatable bonds is 3. The molecule has 6 nitrogen and oxygen atoms in total. The van der Waals surface area contributed by atoms with Crippen LogP contribution in [0.1, 0.15) is 0 Å². The molecule has 0 bridgehead atoms. The molecule has 1 atom stereocenters. The summed E-state index contributed by atoms with van der Waals surface area (Å²) in [6.07, 6.45) is 0. The summed E-state index contributed by atoms with van der Waals surface area (Å²) >= 11 is 1.42. The minimum absolute atomic E-state index is 0.124. The van der Waals surface area contributed by atoms with Crippen LogP contribution < -0.4 is 0 Å². The number of hydrogen-bond acceptors (Lipinski definition) is 4. The van der Waals surface area contributed by atoms with Crippen LogP contribution >= 0.6 is 11.8 Å². The first kappa shape index (κ1) is 12.1. The molecule has 1 aliphatic rings. The van der Waals surface area contributed by atoms with Crippen molar-refractivity contribution in [3.05, 3.63) is 0 Å². The molecular formula is C8H14N2O4S. The maximum Gasteiger partial charge on any atom is 0.327 e. The Hall–Kier alpha value is -0.950. The Morgan fingerprint density at radius 2 is 2.27 bits per heavy atom. The number of aliphatic hydroxyl groups excluding tert-OH is 1. The van der Waals surface area contributed by atoms with Crippen molar-refractivity contribution >= 4 is 23.8 Å². The molecule has 1 heterocycles. The predicted octanol–water partition coefficient (Wildman–Crippen LogP) is -0.510. The molecule has 0 aromatic heterocycles. The zero-order valence-corrected chi connectivity index (χ0v) is 9.24. The molecule has 1 aliphatic heterocycles. The number of likely N-dealkylation sites (N-methyl/N-ethyl adjacent to an activating group) is 1. The van der Waals surface area contributed by atoms with Crippen molar-refractivity contribution in [1.82, 2.24) is 9.80 Å². The average molecular weight is 234 g/mol. The van der Waals surface area contributed by atoms with Crippen molar-refractivity contribution in [3.63, 3.8) is 0 Å². The van der Waals surface area contributed by atoms with Crippen molar-refractivity contribution in [2.45, 2.75) is 6.04 Å². The number of amides is 2. The molecule has 0 unspecified atom stereocenters. The van der Waals surface area contributed by atoms with Crippen LogP contribution in [-0.2, 0) is 4.79 Å². The SMILES string of the molecule is CN(CCO)C(=O)N1CSC[C@H]1C(=O)O. The fourth-order valence-corrected chi connectivity index (χ4v) is 2.44. The van der Waals surface area contributed by atoms with E-state index in [1.54, 1.807) is 7.05 Å². The Morgan fingerprint density at radius 1 is 1.60 bits per heavy atom. The third kappa shape index (κ3) is 2.75. The molecule has 0 aromatic rings. The monoisotopic (exact) mass is 234 g/mol. The van der Waals surface area contributed by atoms with Gasteiger partial charge in [-0.3, -0.25) is 0 Å². The molecule has 86 valence electrons. The molecule has 0 aliphatic carbocycles. The number of aliphatic carboxylic acids is 1. The molecule has 1 fully saturated rings. The number of carboxylic acid groups (broad SMARTS) is 1. The second-order valence-electron chi connectivity index (χ2n) is 3.25. The van der Waals surface area contributed by atoms with Gasteiger partial charge in [-0.15, -0.1) is 11.8 Å². The quantitative estimate of drug-likeness (QED) is 0.687. The molecule has 15 heavy (non-hydrogen) atoms. The number of carboxylic acids is 1. The van der Waals surface area contributed by atoms with E-state index in [2.05, 4.69) is 0 Å². The molecule has 2 amide bonds. The summed E-state index contributed by atoms with van der Waals surface area (Å²) in [4.78, 5) is 25.2. The minimum Gasteiger partial charge on any atom is -0.480 e. The van der Waals surface area contributed by atoms with Gasteiger partial charge in [0.15, 0.2) is 0 Å². The Morgan fingerprint density at radius 3 is 2.80 bits per heavy atom. The van der Waals surface area contributed by atoms with Crippen LogP contribution in [0.3, 0.4) is 0 Å². The van der Waals surface area contributed by atoms with Crippen molar-refractivity contribution < 1.29 is 19.8 Å². The maximum atomic E-state index is 11.7. The number of aliphatic hydroxyl groups is 1. The number of carbonyl (C=O) groups is 2. The second kappa shape index (κ2) is 5.22. The molecule has 7 heteroatoms. The fourth-order valence-electron chi connectivity index (χ4n) is 1.30. The van der Waals surface area contributed by atoms with Gasteiger partial charge in [0.05, 0.1) is 12.5 Å². The molecule has 0 aromatic carbocycles. The third-order valence-corrected chi connectivity index (χ3v) is 3.19. The molecule has 2 N–H and O–H groups in total. The van der Waals surface area contributed by atoms with Gasteiger partial charge in [-0.2, -0.15) is 0 Å². The van der Waals surface area contributed by atoms with E-state index >= 15 is 0 Å². The summed E-state index contributed by atoms with van der Waals surface area (Å²) in [5, 5.41) is 17.5. The van der Waals surface area contributed by atoms with Gasteiger partial charge in [-0.25, -0.2) is 9.59 Å². The van der Waals surface area contributed by atoms with Gasteiger partial charge in [0.2, 0.25) is 0 Å². The van der Waals surface area contributed by atoms with Crippen LogP contribution in [0.15, 0.2) is 0 Å². The molecular weight excluding hydrogens is 220 g/mol. The standard InChI is InChI=1S/C8H14N2O4S/c1-9(2-3-11)8(14)10-5-15-4-6(10)7(12)13/h6,11H,2-5H2,1H3,(H,12,13)/t6-/m0/s1. The Balaban J connectivity index is 2.62. The lowest BCUT2D eigenvalue weighted by molar-refractivity contribution is -0.140. The summed E-state index contributed by atoms with van der Waals surface area (Å²) in [5.41, 5.74) is 0. The van der Waals surface area contributed by atoms with E-state index in [1.165, 1.54) is 21.6 Å². The maximum absolute atomic E-state index is 11.7. The first-order valence-electron chi connectivity index (χ1n) is 4.51. The Labute approximate surface area is 91.8 Å². The van der Waals surface area contributed by atoms with E-state index in [-0.39, 0.29) is 19.2 Å². The highest BCUT2D eigenvalue weighted by Crippen LogP contribution is 2.22. The highest BCUT2D eigenvalue weighted by Gasteiger charge is 2.35. The first-order chi connectivity index (χ1) is 7.07. The number of thioether (sulfide) groups is 1. The molecule has 0 radical (unpaired) electrons. The molecule has 0 spiro atoms. The summed E-state index contributed by atoms with van der Waals surface area (Å²) in [6, 6.07) is -1.09. The zero-order valence-electron chi connectivity index (χ0n) is 8.42. The van der Waals surface area contributed by atoms with Gasteiger partial charge >= 0.3 is 12.0 Å². The van der Waals surface area contributed by atoms with E-state index in [0.29, 0.717) is 11.6 Å². The van der Waals surface area contributed by atoms with E-state index in [9.17, 15) is 9.59 Å². The van der Waals surface area contributed by atoms with Crippen LogP contribution in [0, 0.1) is 0 Å². The number of carbonyl (C=O) groups excluding carboxylic acids is 1. The van der Waals surface area contributed by atoms with E-state index in [0.717, 1.165) is 0 Å². The van der Waals surface area contributed by atoms with Gasteiger partial charge in [-0.05, 0) is 0 Å². The van der Waals surface area contributed by atoms with Gasteiger partial charge in [0.1, 0.15) is 6.04 Å². The van der Waals surface area contributed by atoms with Crippen LogP contribution in [0.25, 0.3) is 0 Å². The minimum atomic E-state index is -0.981. The summed E-state index contributed by atoms with van der Waals surface area (Å²) in [6.45, 7) is 0.0906. The first-order valence-corrected chi connectivity index (χ1v) is 5.66. The highest BCUT2D eigenvalue weighted by atomic mass is 32.2. The molecule has 1 rings (SSSR count). The van der Waals surface area contributed by atoms with Gasteiger partial charge in [0.25, 0.3) is 0 Å². The lowest BCUT2D eigenvalue weighted by Gasteiger charge is -2.26. The smallest absolute Gasteiger partial charge is 0.327 e. The predicted molar refractivity (Wildman–Crippen MR) is 55.7 cm³/mol. The van der Waals surface area contributed by atoms with Crippen molar-refractivity contribution in [2.75, 3.05) is 31.8 Å². The highest BCUT2D eigenvalue weighted by molar-refractivity contribution is 7.99. The van der Waals surface area contributed by atoms with Crippen molar-refractivity contribution in [1.29, 1.82) is 0 Å². The van der Waals surface area contributed by atoms with Crippen LogP contribution in [0.5, 0.6) is 0 Å². The zero-order chi connectivity index (χ0) is 11.4. The fraction of sp³-hybridized carbons (Fsp3) is 0.750. The van der Waals surface area contributed by atoms with E-state index in [4.69, 9.17) is 10.2 Å². The van der Waals surface area contributed by atoms with Crippen molar-refractivity contribution in [2.24, 2.45) is 0 Å². The summed E-state index contributed by atoms with van der Waals surface area (Å²) in [5.74, 6) is -0.162. The van der Waals surface area contributed by atoms with Gasteiger partial charge in [0, 0.05) is 19.3 Å². The topological polar surface area (TPSA) is 81.1 Å².